The lowest BCUT2D eigenvalue weighted by Gasteiger charge is -2.26. The standard InChI is InChI=1S/C11H13ClO4/c1-3-7-6(2)4-11(12,10(15)16)5-8(7)9(13)14/h4H,3,5H2,1-2H3,(H,13,14)(H,15,16). The summed E-state index contributed by atoms with van der Waals surface area (Å²) in [5, 5.41) is 18.0. The highest BCUT2D eigenvalue weighted by atomic mass is 35.5. The lowest BCUT2D eigenvalue weighted by Crippen LogP contribution is -2.35. The number of alkyl halides is 1. The van der Waals surface area contributed by atoms with Crippen molar-refractivity contribution in [2.24, 2.45) is 0 Å². The lowest BCUT2D eigenvalue weighted by molar-refractivity contribution is -0.139. The Morgan fingerprint density at radius 2 is 2.06 bits per heavy atom. The fourth-order valence-corrected chi connectivity index (χ4v) is 2.21. The van der Waals surface area contributed by atoms with Crippen LogP contribution in [0.4, 0.5) is 0 Å². The van der Waals surface area contributed by atoms with Crippen LogP contribution in [-0.4, -0.2) is 27.0 Å². The van der Waals surface area contributed by atoms with Crippen molar-refractivity contribution in [3.8, 4) is 0 Å². The molecule has 16 heavy (non-hydrogen) atoms. The molecule has 0 heterocycles. The van der Waals surface area contributed by atoms with E-state index < -0.39 is 16.8 Å². The van der Waals surface area contributed by atoms with Crippen LogP contribution in [0.3, 0.4) is 0 Å². The molecule has 0 aromatic heterocycles. The Hall–Kier alpha value is -1.29. The molecule has 1 rings (SSSR count). The highest BCUT2D eigenvalue weighted by molar-refractivity contribution is 6.36. The summed E-state index contributed by atoms with van der Waals surface area (Å²) in [4.78, 5) is 20.4. The van der Waals surface area contributed by atoms with Crippen molar-refractivity contribution in [3.63, 3.8) is 0 Å². The van der Waals surface area contributed by atoms with Crippen LogP contribution in [0, 0.1) is 0 Å². The summed E-state index contributed by atoms with van der Waals surface area (Å²) in [6, 6.07) is 0. The van der Waals surface area contributed by atoms with Gasteiger partial charge in [0.25, 0.3) is 0 Å². The second-order valence-corrected chi connectivity index (χ2v) is 4.46. The van der Waals surface area contributed by atoms with Crippen LogP contribution in [0.1, 0.15) is 26.7 Å². The maximum atomic E-state index is 11.0. The molecule has 0 saturated carbocycles. The third-order valence-electron chi connectivity index (χ3n) is 2.69. The molecule has 0 aromatic carbocycles. The number of aliphatic carboxylic acids is 2. The molecular formula is C11H13ClO4. The molecule has 4 nitrogen and oxygen atoms in total. The fourth-order valence-electron chi connectivity index (χ4n) is 1.92. The summed E-state index contributed by atoms with van der Waals surface area (Å²) in [6.07, 6.45) is 1.79. The molecule has 0 spiro atoms. The fraction of sp³-hybridized carbons (Fsp3) is 0.455. The van der Waals surface area contributed by atoms with Gasteiger partial charge in [-0.25, -0.2) is 9.59 Å². The van der Waals surface area contributed by atoms with Gasteiger partial charge in [-0.3, -0.25) is 0 Å². The van der Waals surface area contributed by atoms with Crippen LogP contribution in [0.5, 0.6) is 0 Å². The van der Waals surface area contributed by atoms with Crippen LogP contribution in [0.2, 0.25) is 0 Å². The maximum Gasteiger partial charge on any atom is 0.331 e. The minimum absolute atomic E-state index is 0.0971. The molecule has 1 aliphatic carbocycles. The Morgan fingerprint density at radius 1 is 1.50 bits per heavy atom. The second kappa shape index (κ2) is 4.29. The first-order chi connectivity index (χ1) is 7.31. The van der Waals surface area contributed by atoms with Gasteiger partial charge in [-0.05, 0) is 30.6 Å². The third kappa shape index (κ3) is 2.11. The van der Waals surface area contributed by atoms with E-state index in [1.165, 1.54) is 6.08 Å². The van der Waals surface area contributed by atoms with Gasteiger partial charge in [-0.15, -0.1) is 11.6 Å². The quantitative estimate of drug-likeness (QED) is 0.747. The summed E-state index contributed by atoms with van der Waals surface area (Å²) in [6.45, 7) is 3.51. The van der Waals surface area contributed by atoms with E-state index in [2.05, 4.69) is 0 Å². The molecule has 0 fully saturated rings. The van der Waals surface area contributed by atoms with Gasteiger partial charge in [0.2, 0.25) is 0 Å². The zero-order valence-corrected chi connectivity index (χ0v) is 9.84. The molecule has 0 bridgehead atoms. The second-order valence-electron chi connectivity index (χ2n) is 3.79. The zero-order valence-electron chi connectivity index (χ0n) is 9.08. The smallest absolute Gasteiger partial charge is 0.331 e. The van der Waals surface area contributed by atoms with Crippen LogP contribution in [-0.2, 0) is 9.59 Å². The topological polar surface area (TPSA) is 74.6 Å². The third-order valence-corrected chi connectivity index (χ3v) is 3.09. The van der Waals surface area contributed by atoms with Gasteiger partial charge in [0.1, 0.15) is 0 Å². The molecule has 1 atom stereocenters. The van der Waals surface area contributed by atoms with Crippen LogP contribution in [0.25, 0.3) is 0 Å². The minimum atomic E-state index is -1.63. The minimum Gasteiger partial charge on any atom is -0.480 e. The van der Waals surface area contributed by atoms with Crippen molar-refractivity contribution in [2.75, 3.05) is 0 Å². The Kier molecular flexibility index (Phi) is 3.43. The van der Waals surface area contributed by atoms with Gasteiger partial charge in [0.05, 0.1) is 0 Å². The first kappa shape index (κ1) is 12.8. The number of allylic oxidation sites excluding steroid dienone is 2. The first-order valence-electron chi connectivity index (χ1n) is 4.89. The highest BCUT2D eigenvalue weighted by Crippen LogP contribution is 2.37. The highest BCUT2D eigenvalue weighted by Gasteiger charge is 2.40. The van der Waals surface area contributed by atoms with E-state index >= 15 is 0 Å². The summed E-state index contributed by atoms with van der Waals surface area (Å²) >= 11 is 5.89. The van der Waals surface area contributed by atoms with Crippen molar-refractivity contribution in [1.29, 1.82) is 0 Å². The molecule has 0 amide bonds. The number of hydrogen-bond acceptors (Lipinski definition) is 2. The van der Waals surface area contributed by atoms with E-state index in [0.29, 0.717) is 17.6 Å². The molecular weight excluding hydrogens is 232 g/mol. The van der Waals surface area contributed by atoms with Gasteiger partial charge in [0, 0.05) is 12.0 Å². The Labute approximate surface area is 98.2 Å². The van der Waals surface area contributed by atoms with E-state index in [9.17, 15) is 9.59 Å². The molecule has 88 valence electrons. The Balaban J connectivity index is 3.28. The van der Waals surface area contributed by atoms with Gasteiger partial charge >= 0.3 is 11.9 Å². The number of hydrogen-bond donors (Lipinski definition) is 2. The summed E-state index contributed by atoms with van der Waals surface area (Å²) in [5.74, 6) is -2.32. The van der Waals surface area contributed by atoms with Crippen molar-refractivity contribution in [2.45, 2.75) is 31.6 Å². The molecule has 5 heteroatoms. The number of carbonyl (C=O) groups is 2. The molecule has 2 N–H and O–H groups in total. The Bertz CT molecular complexity index is 408. The van der Waals surface area contributed by atoms with Crippen molar-refractivity contribution < 1.29 is 19.8 Å². The van der Waals surface area contributed by atoms with Crippen molar-refractivity contribution in [1.82, 2.24) is 0 Å². The number of halogens is 1. The zero-order chi connectivity index (χ0) is 12.5. The average Bonchev–Trinajstić information content (AvgIpc) is 2.16. The maximum absolute atomic E-state index is 11.0. The van der Waals surface area contributed by atoms with E-state index in [-0.39, 0.29) is 12.0 Å². The number of carboxylic acids is 2. The van der Waals surface area contributed by atoms with Gasteiger partial charge in [-0.2, -0.15) is 0 Å². The molecule has 0 radical (unpaired) electrons. The van der Waals surface area contributed by atoms with Crippen molar-refractivity contribution >= 4 is 23.5 Å². The van der Waals surface area contributed by atoms with E-state index in [1.807, 2.05) is 6.92 Å². The molecule has 1 unspecified atom stereocenters. The van der Waals surface area contributed by atoms with E-state index in [0.717, 1.165) is 0 Å². The number of rotatable bonds is 3. The van der Waals surface area contributed by atoms with Crippen LogP contribution >= 0.6 is 11.6 Å². The monoisotopic (exact) mass is 244 g/mol. The number of carboxylic acid groups (broad SMARTS) is 2. The summed E-state index contributed by atoms with van der Waals surface area (Å²) in [5.41, 5.74) is 1.40. The molecule has 0 aliphatic heterocycles. The SMILES string of the molecule is CCC1=C(C(=O)O)CC(Cl)(C(=O)O)C=C1C. The van der Waals surface area contributed by atoms with E-state index in [4.69, 9.17) is 21.8 Å². The van der Waals surface area contributed by atoms with Crippen molar-refractivity contribution in [3.05, 3.63) is 22.8 Å². The van der Waals surface area contributed by atoms with Gasteiger partial charge in [0.15, 0.2) is 4.87 Å². The predicted octanol–water partition coefficient (Wildman–Crippen LogP) is 2.19. The first-order valence-corrected chi connectivity index (χ1v) is 5.27. The van der Waals surface area contributed by atoms with Gasteiger partial charge in [-0.1, -0.05) is 6.92 Å². The lowest BCUT2D eigenvalue weighted by atomic mass is 9.83. The Morgan fingerprint density at radius 3 is 2.44 bits per heavy atom. The summed E-state index contributed by atoms with van der Waals surface area (Å²) in [7, 11) is 0. The van der Waals surface area contributed by atoms with Crippen LogP contribution in [0.15, 0.2) is 22.8 Å². The van der Waals surface area contributed by atoms with E-state index in [1.54, 1.807) is 6.92 Å². The largest absolute Gasteiger partial charge is 0.480 e. The molecule has 1 aliphatic rings. The summed E-state index contributed by atoms with van der Waals surface area (Å²) < 4.78 is 0. The van der Waals surface area contributed by atoms with Crippen LogP contribution < -0.4 is 0 Å². The molecule has 0 aromatic rings. The normalized spacial score (nSPS) is 25.3. The average molecular weight is 245 g/mol. The molecule has 0 saturated heterocycles. The van der Waals surface area contributed by atoms with Gasteiger partial charge < -0.3 is 10.2 Å². The predicted molar refractivity (Wildman–Crippen MR) is 59.5 cm³/mol.